The van der Waals surface area contributed by atoms with Crippen LogP contribution in [0.5, 0.6) is 0 Å². The second kappa shape index (κ2) is 10.2. The molecule has 1 aliphatic rings. The molecule has 0 unspecified atom stereocenters. The van der Waals surface area contributed by atoms with Crippen LogP contribution in [-0.4, -0.2) is 41.7 Å². The number of thiophene rings is 1. The van der Waals surface area contributed by atoms with Gasteiger partial charge >= 0.3 is 0 Å². The highest BCUT2D eigenvalue weighted by Gasteiger charge is 2.35. The van der Waals surface area contributed by atoms with Crippen LogP contribution < -0.4 is 4.90 Å². The van der Waals surface area contributed by atoms with Crippen molar-refractivity contribution in [2.24, 2.45) is 5.92 Å². The molecule has 36 heavy (non-hydrogen) atoms. The fourth-order valence-electron chi connectivity index (χ4n) is 4.51. The van der Waals surface area contributed by atoms with E-state index in [4.69, 9.17) is 16.6 Å². The molecule has 4 heterocycles. The number of benzene rings is 1. The number of amides is 1. The van der Waals surface area contributed by atoms with Gasteiger partial charge in [0.1, 0.15) is 4.21 Å². The van der Waals surface area contributed by atoms with Gasteiger partial charge in [0.25, 0.3) is 10.0 Å². The Morgan fingerprint density at radius 1 is 1.11 bits per heavy atom. The Bertz CT molecular complexity index is 1510. The van der Waals surface area contributed by atoms with E-state index < -0.39 is 10.0 Å². The molecule has 0 atom stereocenters. The number of fused-ring (bicyclic) bond motifs is 1. The predicted molar refractivity (Wildman–Crippen MR) is 145 cm³/mol. The van der Waals surface area contributed by atoms with E-state index in [0.29, 0.717) is 28.9 Å². The fourth-order valence-corrected chi connectivity index (χ4v) is 8.77. The number of sulfonamides is 1. The van der Waals surface area contributed by atoms with Crippen LogP contribution in [0.1, 0.15) is 29.5 Å². The van der Waals surface area contributed by atoms with E-state index in [0.717, 1.165) is 38.2 Å². The van der Waals surface area contributed by atoms with Crippen molar-refractivity contribution in [1.82, 2.24) is 14.3 Å². The second-order valence-corrected chi connectivity index (χ2v) is 13.8. The Labute approximate surface area is 223 Å². The Morgan fingerprint density at radius 2 is 1.83 bits per heavy atom. The summed E-state index contributed by atoms with van der Waals surface area (Å²) in [6, 6.07) is 11.1. The van der Waals surface area contributed by atoms with Crippen molar-refractivity contribution in [3.63, 3.8) is 0 Å². The number of pyridine rings is 1. The summed E-state index contributed by atoms with van der Waals surface area (Å²) in [5.41, 5.74) is 4.10. The van der Waals surface area contributed by atoms with Crippen molar-refractivity contribution >= 4 is 65.6 Å². The summed E-state index contributed by atoms with van der Waals surface area (Å²) in [7, 11) is -3.61. The Kier molecular flexibility index (Phi) is 7.15. The number of halogens is 1. The molecule has 0 aliphatic carbocycles. The summed E-state index contributed by atoms with van der Waals surface area (Å²) >= 11 is 8.52. The number of thiazole rings is 1. The van der Waals surface area contributed by atoms with Gasteiger partial charge in [0.2, 0.25) is 5.91 Å². The number of hydrogen-bond acceptors (Lipinski definition) is 7. The van der Waals surface area contributed by atoms with Crippen LogP contribution in [0.25, 0.3) is 10.2 Å². The summed E-state index contributed by atoms with van der Waals surface area (Å²) in [6.45, 7) is 5.04. The summed E-state index contributed by atoms with van der Waals surface area (Å²) in [4.78, 5) is 24.5. The van der Waals surface area contributed by atoms with Gasteiger partial charge in [-0.2, -0.15) is 4.31 Å². The first-order chi connectivity index (χ1) is 17.2. The van der Waals surface area contributed by atoms with Gasteiger partial charge in [-0.15, -0.1) is 11.3 Å². The van der Waals surface area contributed by atoms with Crippen molar-refractivity contribution in [2.75, 3.05) is 18.0 Å². The van der Waals surface area contributed by atoms with Gasteiger partial charge in [0, 0.05) is 31.4 Å². The van der Waals surface area contributed by atoms with Crippen molar-refractivity contribution in [3.05, 3.63) is 69.8 Å². The number of nitrogens with zero attached hydrogens (tertiary/aromatic N) is 4. The molecule has 0 N–H and O–H groups in total. The average Bonchev–Trinajstić information content (AvgIpc) is 3.50. The van der Waals surface area contributed by atoms with Gasteiger partial charge < -0.3 is 0 Å². The summed E-state index contributed by atoms with van der Waals surface area (Å²) in [5, 5.41) is 0.656. The highest BCUT2D eigenvalue weighted by atomic mass is 35.5. The van der Waals surface area contributed by atoms with E-state index in [1.54, 1.807) is 23.4 Å². The van der Waals surface area contributed by atoms with Crippen LogP contribution in [0.2, 0.25) is 4.34 Å². The van der Waals surface area contributed by atoms with Crippen molar-refractivity contribution in [2.45, 2.75) is 37.4 Å². The lowest BCUT2D eigenvalue weighted by Crippen LogP contribution is -2.44. The Morgan fingerprint density at radius 3 is 2.50 bits per heavy atom. The Hall–Kier alpha value is -2.37. The van der Waals surface area contributed by atoms with Crippen LogP contribution in [0.15, 0.2) is 53.0 Å². The molecule has 3 aromatic heterocycles. The topological polar surface area (TPSA) is 83.5 Å². The zero-order valence-electron chi connectivity index (χ0n) is 19.8. The molecule has 4 aromatic rings. The van der Waals surface area contributed by atoms with Crippen molar-refractivity contribution < 1.29 is 13.2 Å². The standard InChI is InChI=1S/C25H25ClN4O3S3/c1-16-13-17(2)23-20(14-16)34-25(28-23)30(15-18-5-9-27-10-6-18)24(31)19-7-11-29(12-8-19)36(32,33)22-4-3-21(26)35-22/h3-6,9-10,13-14,19H,7-8,11-12,15H2,1-2H3. The third-order valence-corrected chi connectivity index (χ3v) is 11.0. The molecule has 0 saturated carbocycles. The number of carbonyl (C=O) groups excluding carboxylic acids is 1. The van der Waals surface area contributed by atoms with E-state index in [1.165, 1.54) is 21.7 Å². The Balaban J connectivity index is 1.39. The number of aryl methyl sites for hydroxylation is 2. The number of piperidine rings is 1. The molecule has 0 radical (unpaired) electrons. The molecule has 1 aliphatic heterocycles. The number of carbonyl (C=O) groups is 1. The lowest BCUT2D eigenvalue weighted by molar-refractivity contribution is -0.123. The van der Waals surface area contributed by atoms with Crippen LogP contribution in [0, 0.1) is 19.8 Å². The predicted octanol–water partition coefficient (Wildman–Crippen LogP) is 5.66. The number of anilines is 1. The van der Waals surface area contributed by atoms with E-state index in [2.05, 4.69) is 24.0 Å². The lowest BCUT2D eigenvalue weighted by Gasteiger charge is -2.32. The zero-order chi connectivity index (χ0) is 25.4. The van der Waals surface area contributed by atoms with E-state index >= 15 is 0 Å². The molecule has 0 spiro atoms. The van der Waals surface area contributed by atoms with E-state index in [-0.39, 0.29) is 29.1 Å². The summed E-state index contributed by atoms with van der Waals surface area (Å²) in [6.07, 6.45) is 4.33. The maximum atomic E-state index is 13.9. The first kappa shape index (κ1) is 25.3. The van der Waals surface area contributed by atoms with Crippen molar-refractivity contribution in [1.29, 1.82) is 0 Å². The lowest BCUT2D eigenvalue weighted by atomic mass is 9.96. The second-order valence-electron chi connectivity index (χ2n) is 8.94. The summed E-state index contributed by atoms with van der Waals surface area (Å²) < 4.78 is 29.2. The normalized spacial score (nSPS) is 15.4. The highest BCUT2D eigenvalue weighted by molar-refractivity contribution is 7.91. The van der Waals surface area contributed by atoms with E-state index in [9.17, 15) is 13.2 Å². The molecular formula is C25H25ClN4O3S3. The minimum atomic E-state index is -3.61. The SMILES string of the molecule is Cc1cc(C)c2nc(N(Cc3ccncc3)C(=O)C3CCN(S(=O)(=O)c4ccc(Cl)s4)CC3)sc2c1. The molecular weight excluding hydrogens is 536 g/mol. The minimum Gasteiger partial charge on any atom is -0.283 e. The maximum absolute atomic E-state index is 13.9. The van der Waals surface area contributed by atoms with Gasteiger partial charge in [0.05, 0.1) is 21.1 Å². The third-order valence-electron chi connectivity index (χ3n) is 6.35. The number of hydrogen-bond donors (Lipinski definition) is 0. The van der Waals surface area contributed by atoms with Crippen LogP contribution in [0.4, 0.5) is 5.13 Å². The number of rotatable bonds is 6. The molecule has 0 bridgehead atoms. The molecule has 1 saturated heterocycles. The smallest absolute Gasteiger partial charge is 0.252 e. The zero-order valence-corrected chi connectivity index (χ0v) is 23.1. The van der Waals surface area contributed by atoms with Crippen LogP contribution in [-0.2, 0) is 21.4 Å². The van der Waals surface area contributed by atoms with Gasteiger partial charge in [-0.1, -0.05) is 29.0 Å². The van der Waals surface area contributed by atoms with Gasteiger partial charge in [0.15, 0.2) is 5.13 Å². The fraction of sp³-hybridized carbons (Fsp3) is 0.320. The largest absolute Gasteiger partial charge is 0.283 e. The maximum Gasteiger partial charge on any atom is 0.252 e. The molecule has 188 valence electrons. The van der Waals surface area contributed by atoms with Gasteiger partial charge in [-0.25, -0.2) is 13.4 Å². The van der Waals surface area contributed by atoms with Crippen LogP contribution in [0.3, 0.4) is 0 Å². The molecule has 5 rings (SSSR count). The quantitative estimate of drug-likeness (QED) is 0.304. The summed E-state index contributed by atoms with van der Waals surface area (Å²) in [5.74, 6) is -0.323. The third kappa shape index (κ3) is 5.05. The minimum absolute atomic E-state index is 0.0311. The van der Waals surface area contributed by atoms with Gasteiger partial charge in [-0.3, -0.25) is 14.7 Å². The molecule has 7 nitrogen and oxygen atoms in total. The average molecular weight is 561 g/mol. The highest BCUT2D eigenvalue weighted by Crippen LogP contribution is 2.35. The molecule has 1 aromatic carbocycles. The molecule has 11 heteroatoms. The van der Waals surface area contributed by atoms with Crippen molar-refractivity contribution in [3.8, 4) is 0 Å². The monoisotopic (exact) mass is 560 g/mol. The number of aromatic nitrogens is 2. The molecule has 1 amide bonds. The van der Waals surface area contributed by atoms with Crippen LogP contribution >= 0.6 is 34.3 Å². The molecule has 1 fully saturated rings. The first-order valence-electron chi connectivity index (χ1n) is 11.6. The first-order valence-corrected chi connectivity index (χ1v) is 15.0. The van der Waals surface area contributed by atoms with Gasteiger partial charge in [-0.05, 0) is 73.7 Å². The van der Waals surface area contributed by atoms with E-state index in [1.807, 2.05) is 19.1 Å².